The summed E-state index contributed by atoms with van der Waals surface area (Å²) in [7, 11) is 1.56. The first-order chi connectivity index (χ1) is 22.7. The summed E-state index contributed by atoms with van der Waals surface area (Å²) in [5.74, 6) is -0.426. The van der Waals surface area contributed by atoms with Gasteiger partial charge in [0.05, 0.1) is 29.7 Å². The predicted molar refractivity (Wildman–Crippen MR) is 180 cm³/mol. The van der Waals surface area contributed by atoms with E-state index in [-0.39, 0.29) is 70.0 Å². The third-order valence-corrected chi connectivity index (χ3v) is 12.9. The number of nitrogens with one attached hydrogen (secondary N) is 2. The zero-order chi connectivity index (χ0) is 32.6. The van der Waals surface area contributed by atoms with Gasteiger partial charge in [-0.05, 0) is 79.5 Å². The number of para-hydroxylation sites is 1. The molecule has 1 aromatic heterocycles. The first-order valence-corrected chi connectivity index (χ1v) is 17.4. The zero-order valence-corrected chi connectivity index (χ0v) is 27.7. The summed E-state index contributed by atoms with van der Waals surface area (Å²) in [5.41, 5.74) is 4.32. The summed E-state index contributed by atoms with van der Waals surface area (Å²) in [6.07, 6.45) is 0.806. The van der Waals surface area contributed by atoms with Crippen molar-refractivity contribution in [3.63, 3.8) is 0 Å². The van der Waals surface area contributed by atoms with Crippen LogP contribution < -0.4 is 24.6 Å². The molecule has 2 bridgehead atoms. The number of H-pyrrole nitrogens is 1. The maximum Gasteiger partial charge on any atom is 0.305 e. The maximum absolute atomic E-state index is 14.0. The number of hydrogen-bond donors (Lipinski definition) is 2. The Kier molecular flexibility index (Phi) is 7.29. The highest BCUT2D eigenvalue weighted by molar-refractivity contribution is 8.00. The number of anilines is 2. The number of benzene rings is 3. The van der Waals surface area contributed by atoms with E-state index in [1.54, 1.807) is 24.9 Å². The van der Waals surface area contributed by atoms with Gasteiger partial charge in [-0.25, -0.2) is 0 Å². The first kappa shape index (κ1) is 30.0. The molecule has 8 rings (SSSR count). The van der Waals surface area contributed by atoms with Crippen molar-refractivity contribution in [3.05, 3.63) is 98.0 Å². The number of methoxy groups -OCH3 is 1. The zero-order valence-electron chi connectivity index (χ0n) is 26.0. The molecule has 1 saturated heterocycles. The van der Waals surface area contributed by atoms with Gasteiger partial charge in [0.1, 0.15) is 0 Å². The van der Waals surface area contributed by atoms with Crippen molar-refractivity contribution in [2.45, 2.75) is 36.5 Å². The van der Waals surface area contributed by atoms with Crippen LogP contribution in [0.25, 0.3) is 0 Å². The number of nitrogens with zero attached hydrogens (tertiary/aromatic N) is 1. The largest absolute Gasteiger partial charge is 0.493 e. The number of hydrogen-bond acceptors (Lipinski definition) is 8. The van der Waals surface area contributed by atoms with Gasteiger partial charge in [0.2, 0.25) is 11.8 Å². The molecule has 3 heterocycles. The van der Waals surface area contributed by atoms with Gasteiger partial charge in [0.15, 0.2) is 18.1 Å². The molecular weight excluding hydrogens is 635 g/mol. The summed E-state index contributed by atoms with van der Waals surface area (Å²) in [6.45, 7) is 3.71. The predicted octanol–water partition coefficient (Wildman–Crippen LogP) is 5.76. The van der Waals surface area contributed by atoms with Crippen LogP contribution in [0.2, 0.25) is 0 Å². The number of aromatic amines is 1. The molecule has 2 N–H and O–H groups in total. The second-order valence-corrected chi connectivity index (χ2v) is 15.1. The number of fused-ring (bicyclic) bond motifs is 9. The number of carbonyl (C=O) groups excluding carboxylic acids is 3. The number of imide groups is 1. The average Bonchev–Trinajstić information content (AvgIpc) is 3.80. The number of aryl methyl sites for hydroxylation is 2. The molecule has 3 fully saturated rings. The first-order valence-electron chi connectivity index (χ1n) is 15.7. The molecule has 0 spiro atoms. The number of thioether (sulfide) groups is 1. The number of rotatable bonds is 7. The van der Waals surface area contributed by atoms with Crippen molar-refractivity contribution in [1.29, 1.82) is 0 Å². The summed E-state index contributed by atoms with van der Waals surface area (Å²) in [4.78, 5) is 58.6. The SMILES string of the molecule is COc1cc([C@@H]2c3sc(=O)[nH]c3S[C@@H]3[C@@H]4C[C@@H]([C@@H]5C(=O)N(c6ccc(C)cc6)C(=O)[C@@H]45)[C@H]23)ccc1OCC(=O)Nc1ccccc1C. The Bertz CT molecular complexity index is 1990. The van der Waals surface area contributed by atoms with Gasteiger partial charge in [-0.1, -0.05) is 53.3 Å². The third kappa shape index (κ3) is 4.81. The smallest absolute Gasteiger partial charge is 0.305 e. The van der Waals surface area contributed by atoms with Crippen molar-refractivity contribution < 1.29 is 23.9 Å². The second-order valence-electron chi connectivity index (χ2n) is 12.9. The standard InChI is InChI=1S/C36H33N3O6S2/c1-17-8-11-20(12-9-17)39-34(41)29-21-15-22(30(29)35(39)42)31-28(21)27(32-33(46-31)38-36(43)47-32)19-10-13-24(25(14-19)44-3)45-16-26(40)37-23-7-5-4-6-18(23)2/h4-14,21-22,27-31H,15-16H2,1-3H3,(H,37,40)(H,38,43)/t21-,22-,27+,28-,29+,30+,31-/m1/s1. The van der Waals surface area contributed by atoms with E-state index in [1.807, 2.05) is 74.5 Å². The molecule has 0 radical (unpaired) electrons. The number of carbonyl (C=O) groups is 3. The van der Waals surface area contributed by atoms with Gasteiger partial charge in [0.25, 0.3) is 5.91 Å². The minimum absolute atomic E-state index is 0.00295. The quantitative estimate of drug-likeness (QED) is 0.241. The number of amides is 3. The molecule has 7 atom stereocenters. The van der Waals surface area contributed by atoms with Crippen LogP contribution >= 0.6 is 23.1 Å². The van der Waals surface area contributed by atoms with Crippen molar-refractivity contribution in [3.8, 4) is 11.5 Å². The normalized spacial score (nSPS) is 27.0. The Balaban J connectivity index is 1.09. The third-order valence-electron chi connectivity index (χ3n) is 10.3. The van der Waals surface area contributed by atoms with Crippen LogP contribution in [-0.2, 0) is 14.4 Å². The van der Waals surface area contributed by atoms with Gasteiger partial charge in [0, 0.05) is 21.7 Å². The van der Waals surface area contributed by atoms with Crippen molar-refractivity contribution >= 4 is 52.2 Å². The Morgan fingerprint density at radius 2 is 1.70 bits per heavy atom. The van der Waals surface area contributed by atoms with Crippen molar-refractivity contribution in [2.24, 2.45) is 29.6 Å². The van der Waals surface area contributed by atoms with Crippen LogP contribution in [0.3, 0.4) is 0 Å². The molecule has 4 aliphatic rings. The molecule has 9 nitrogen and oxygen atoms in total. The lowest BCUT2D eigenvalue weighted by atomic mass is 9.68. The fourth-order valence-corrected chi connectivity index (χ4v) is 11.3. The number of aromatic nitrogens is 1. The highest BCUT2D eigenvalue weighted by Gasteiger charge is 2.69. The highest BCUT2D eigenvalue weighted by atomic mass is 32.2. The van der Waals surface area contributed by atoms with Crippen LogP contribution in [-0.4, -0.2) is 41.7 Å². The topological polar surface area (TPSA) is 118 Å². The monoisotopic (exact) mass is 667 g/mol. The summed E-state index contributed by atoms with van der Waals surface area (Å²) < 4.78 is 11.7. The van der Waals surface area contributed by atoms with E-state index in [0.717, 1.165) is 38.7 Å². The molecular formula is C36H33N3O6S2. The Morgan fingerprint density at radius 1 is 0.957 bits per heavy atom. The van der Waals surface area contributed by atoms with E-state index in [1.165, 1.54) is 16.2 Å². The number of thiazole rings is 1. The molecule has 4 aromatic rings. The summed E-state index contributed by atoms with van der Waals surface area (Å²) in [5, 5.41) is 3.80. The average molecular weight is 668 g/mol. The molecule has 47 heavy (non-hydrogen) atoms. The van der Waals surface area contributed by atoms with Crippen LogP contribution in [0.1, 0.15) is 33.9 Å². The number of ether oxygens (including phenoxy) is 2. The van der Waals surface area contributed by atoms with E-state index in [4.69, 9.17) is 9.47 Å². The van der Waals surface area contributed by atoms with E-state index in [9.17, 15) is 19.2 Å². The fourth-order valence-electron chi connectivity index (χ4n) is 8.38. The molecule has 3 aromatic carbocycles. The summed E-state index contributed by atoms with van der Waals surface area (Å²) in [6, 6.07) is 20.8. The van der Waals surface area contributed by atoms with E-state index >= 15 is 0 Å². The molecule has 2 saturated carbocycles. The lowest BCUT2D eigenvalue weighted by Crippen LogP contribution is -2.42. The van der Waals surface area contributed by atoms with Crippen LogP contribution in [0.15, 0.2) is 76.6 Å². The van der Waals surface area contributed by atoms with Crippen molar-refractivity contribution in [1.82, 2.24) is 4.98 Å². The van der Waals surface area contributed by atoms with Gasteiger partial charge < -0.3 is 19.8 Å². The van der Waals surface area contributed by atoms with Crippen LogP contribution in [0.5, 0.6) is 11.5 Å². The van der Waals surface area contributed by atoms with Crippen LogP contribution in [0, 0.1) is 43.4 Å². The highest BCUT2D eigenvalue weighted by Crippen LogP contribution is 2.68. The Morgan fingerprint density at radius 3 is 2.45 bits per heavy atom. The van der Waals surface area contributed by atoms with Gasteiger partial charge in [-0.15, -0.1) is 11.8 Å². The van der Waals surface area contributed by atoms with Crippen molar-refractivity contribution in [2.75, 3.05) is 23.9 Å². The second kappa shape index (κ2) is 11.4. The lowest BCUT2D eigenvalue weighted by molar-refractivity contribution is -0.123. The fraction of sp³-hybridized carbons (Fsp3) is 0.333. The molecule has 0 unspecified atom stereocenters. The molecule has 11 heteroatoms. The van der Waals surface area contributed by atoms with E-state index in [0.29, 0.717) is 17.2 Å². The molecule has 240 valence electrons. The lowest BCUT2D eigenvalue weighted by Gasteiger charge is -2.43. The van der Waals surface area contributed by atoms with Gasteiger partial charge in [-0.3, -0.25) is 24.1 Å². The van der Waals surface area contributed by atoms with Gasteiger partial charge in [-0.2, -0.15) is 0 Å². The maximum atomic E-state index is 14.0. The molecule has 2 aliphatic carbocycles. The van der Waals surface area contributed by atoms with Crippen LogP contribution in [0.4, 0.5) is 11.4 Å². The molecule has 2 aliphatic heterocycles. The minimum atomic E-state index is -0.383. The Labute approximate surface area is 279 Å². The summed E-state index contributed by atoms with van der Waals surface area (Å²) >= 11 is 2.87. The Hall–Kier alpha value is -4.35. The van der Waals surface area contributed by atoms with E-state index in [2.05, 4.69) is 10.3 Å². The minimum Gasteiger partial charge on any atom is -0.493 e. The van der Waals surface area contributed by atoms with Gasteiger partial charge >= 0.3 is 4.87 Å². The van der Waals surface area contributed by atoms with E-state index < -0.39 is 0 Å². The molecule has 3 amide bonds.